The van der Waals surface area contributed by atoms with Crippen LogP contribution in [0.5, 0.6) is 11.5 Å². The number of halogens is 1. The van der Waals surface area contributed by atoms with Crippen LogP contribution in [0.1, 0.15) is 5.56 Å². The van der Waals surface area contributed by atoms with Crippen molar-refractivity contribution in [3.05, 3.63) is 40.4 Å². The largest absolute Gasteiger partial charge is 0.493 e. The van der Waals surface area contributed by atoms with Gasteiger partial charge in [0.25, 0.3) is 0 Å². The molecule has 21 heavy (non-hydrogen) atoms. The van der Waals surface area contributed by atoms with Gasteiger partial charge in [-0.3, -0.25) is 10.1 Å². The summed E-state index contributed by atoms with van der Waals surface area (Å²) in [5, 5.41) is 5.40. The van der Waals surface area contributed by atoms with Crippen molar-refractivity contribution in [3.63, 3.8) is 0 Å². The molecule has 1 amide bonds. The molecule has 2 rings (SSSR count). The minimum atomic E-state index is -0.268. The molecule has 0 saturated heterocycles. The summed E-state index contributed by atoms with van der Waals surface area (Å²) in [5.74, 6) is 0.699. The van der Waals surface area contributed by atoms with Crippen LogP contribution in [-0.4, -0.2) is 25.1 Å². The van der Waals surface area contributed by atoms with E-state index in [4.69, 9.17) is 21.1 Å². The van der Waals surface area contributed by atoms with Gasteiger partial charge in [0.05, 0.1) is 19.2 Å². The van der Waals surface area contributed by atoms with Gasteiger partial charge in [-0.15, -0.1) is 11.3 Å². The first kappa shape index (κ1) is 15.3. The quantitative estimate of drug-likeness (QED) is 0.856. The van der Waals surface area contributed by atoms with Gasteiger partial charge in [-0.25, -0.2) is 4.98 Å². The topological polar surface area (TPSA) is 60.5 Å². The molecule has 5 nitrogen and oxygen atoms in total. The molecule has 0 spiro atoms. The van der Waals surface area contributed by atoms with Gasteiger partial charge in [0.2, 0.25) is 5.91 Å². The van der Waals surface area contributed by atoms with Crippen molar-refractivity contribution in [3.8, 4) is 11.5 Å². The Labute approximate surface area is 131 Å². The Morgan fingerprint density at radius 1 is 1.38 bits per heavy atom. The molecule has 0 unspecified atom stereocenters. The molecule has 0 radical (unpaired) electrons. The second-order valence-corrected chi connectivity index (χ2v) is 5.20. The zero-order valence-electron chi connectivity index (χ0n) is 11.4. The molecule has 0 saturated carbocycles. The molecule has 0 atom stereocenters. The molecule has 1 aromatic heterocycles. The molecule has 0 bridgehead atoms. The Kier molecular flexibility index (Phi) is 5.19. The van der Waals surface area contributed by atoms with E-state index in [0.29, 0.717) is 21.7 Å². The Morgan fingerprint density at radius 3 is 2.81 bits per heavy atom. The molecule has 0 aliphatic heterocycles. The van der Waals surface area contributed by atoms with Crippen LogP contribution >= 0.6 is 22.9 Å². The molecule has 2 aromatic rings. The van der Waals surface area contributed by atoms with Crippen molar-refractivity contribution < 1.29 is 14.3 Å². The Balaban J connectivity index is 2.13. The zero-order valence-corrected chi connectivity index (χ0v) is 13.0. The molecule has 0 aliphatic carbocycles. The van der Waals surface area contributed by atoms with Crippen molar-refractivity contribution >= 4 is 40.1 Å². The third-order valence-corrected chi connectivity index (χ3v) is 3.51. The fourth-order valence-electron chi connectivity index (χ4n) is 1.64. The van der Waals surface area contributed by atoms with Gasteiger partial charge in [0.15, 0.2) is 16.6 Å². The number of hydrogen-bond donors (Lipinski definition) is 1. The molecule has 1 aromatic carbocycles. The highest BCUT2D eigenvalue weighted by Gasteiger charge is 2.09. The second kappa shape index (κ2) is 7.10. The van der Waals surface area contributed by atoms with E-state index in [-0.39, 0.29) is 5.91 Å². The molecule has 110 valence electrons. The fourth-order valence-corrected chi connectivity index (χ4v) is 2.47. The summed E-state index contributed by atoms with van der Waals surface area (Å²) in [4.78, 5) is 15.7. The van der Waals surface area contributed by atoms with Gasteiger partial charge in [-0.2, -0.15) is 0 Å². The standard InChI is InChI=1S/C14H13ClN2O3S/c1-19-11-8-9(7-10(15)13(11)20-2)3-4-12(18)17-14-16-5-6-21-14/h3-8H,1-2H3,(H,16,17,18)/b4-3+. The number of benzene rings is 1. The monoisotopic (exact) mass is 324 g/mol. The van der Waals surface area contributed by atoms with E-state index in [0.717, 1.165) is 5.56 Å². The maximum atomic E-state index is 11.7. The maximum Gasteiger partial charge on any atom is 0.250 e. The van der Waals surface area contributed by atoms with Crippen molar-refractivity contribution in [1.82, 2.24) is 4.98 Å². The van der Waals surface area contributed by atoms with E-state index in [9.17, 15) is 4.79 Å². The second-order valence-electron chi connectivity index (χ2n) is 3.90. The third-order valence-electron chi connectivity index (χ3n) is 2.55. The average Bonchev–Trinajstić information content (AvgIpc) is 2.97. The van der Waals surface area contributed by atoms with E-state index in [1.807, 2.05) is 0 Å². The molecule has 0 aliphatic rings. The SMILES string of the molecule is COc1cc(/C=C/C(=O)Nc2nccs2)cc(Cl)c1OC. The van der Waals surface area contributed by atoms with E-state index in [2.05, 4.69) is 10.3 Å². The minimum Gasteiger partial charge on any atom is -0.493 e. The summed E-state index contributed by atoms with van der Waals surface area (Å²) in [6.45, 7) is 0. The van der Waals surface area contributed by atoms with Crippen LogP contribution in [-0.2, 0) is 4.79 Å². The number of rotatable bonds is 5. The summed E-state index contributed by atoms with van der Waals surface area (Å²) in [6.07, 6.45) is 4.66. The highest BCUT2D eigenvalue weighted by atomic mass is 35.5. The van der Waals surface area contributed by atoms with E-state index < -0.39 is 0 Å². The maximum absolute atomic E-state index is 11.7. The number of ether oxygens (including phenoxy) is 2. The Hall–Kier alpha value is -2.05. The highest BCUT2D eigenvalue weighted by molar-refractivity contribution is 7.13. The van der Waals surface area contributed by atoms with Gasteiger partial charge in [-0.1, -0.05) is 11.6 Å². The smallest absolute Gasteiger partial charge is 0.250 e. The number of carbonyl (C=O) groups is 1. The summed E-state index contributed by atoms with van der Waals surface area (Å²) >= 11 is 7.45. The highest BCUT2D eigenvalue weighted by Crippen LogP contribution is 2.36. The van der Waals surface area contributed by atoms with E-state index in [1.165, 1.54) is 31.6 Å². The van der Waals surface area contributed by atoms with Crippen molar-refractivity contribution in [1.29, 1.82) is 0 Å². The number of nitrogens with zero attached hydrogens (tertiary/aromatic N) is 1. The van der Waals surface area contributed by atoms with Crippen LogP contribution in [0, 0.1) is 0 Å². The van der Waals surface area contributed by atoms with Crippen molar-refractivity contribution in [2.75, 3.05) is 19.5 Å². The minimum absolute atomic E-state index is 0.268. The number of methoxy groups -OCH3 is 2. The number of thiazole rings is 1. The lowest BCUT2D eigenvalue weighted by Crippen LogP contribution is -2.07. The van der Waals surface area contributed by atoms with E-state index in [1.54, 1.807) is 29.8 Å². The molecule has 0 fully saturated rings. The lowest BCUT2D eigenvalue weighted by Gasteiger charge is -2.10. The van der Waals surface area contributed by atoms with Crippen LogP contribution < -0.4 is 14.8 Å². The number of carbonyl (C=O) groups excluding carboxylic acids is 1. The van der Waals surface area contributed by atoms with Crippen LogP contribution in [0.25, 0.3) is 6.08 Å². The number of nitrogens with one attached hydrogen (secondary N) is 1. The van der Waals surface area contributed by atoms with Crippen LogP contribution in [0.15, 0.2) is 29.8 Å². The van der Waals surface area contributed by atoms with E-state index >= 15 is 0 Å². The van der Waals surface area contributed by atoms with Crippen LogP contribution in [0.4, 0.5) is 5.13 Å². The van der Waals surface area contributed by atoms with Gasteiger partial charge in [-0.05, 0) is 23.8 Å². The Morgan fingerprint density at radius 2 is 2.19 bits per heavy atom. The third kappa shape index (κ3) is 3.96. The normalized spacial score (nSPS) is 10.6. The molecule has 1 heterocycles. The van der Waals surface area contributed by atoms with Crippen LogP contribution in [0.3, 0.4) is 0 Å². The summed E-state index contributed by atoms with van der Waals surface area (Å²) < 4.78 is 10.3. The first-order valence-electron chi connectivity index (χ1n) is 5.94. The first-order valence-corrected chi connectivity index (χ1v) is 7.20. The molecular formula is C14H13ClN2O3S. The predicted octanol–water partition coefficient (Wildman–Crippen LogP) is 3.47. The molecule has 1 N–H and O–H groups in total. The molecular weight excluding hydrogens is 312 g/mol. The summed E-state index contributed by atoms with van der Waals surface area (Å²) in [7, 11) is 3.04. The number of hydrogen-bond acceptors (Lipinski definition) is 5. The first-order chi connectivity index (χ1) is 10.1. The fraction of sp³-hybridized carbons (Fsp3) is 0.143. The lowest BCUT2D eigenvalue weighted by molar-refractivity contribution is -0.111. The average molecular weight is 325 g/mol. The summed E-state index contributed by atoms with van der Waals surface area (Å²) in [5.41, 5.74) is 0.729. The van der Waals surface area contributed by atoms with Gasteiger partial charge < -0.3 is 9.47 Å². The lowest BCUT2D eigenvalue weighted by atomic mass is 10.2. The Bertz CT molecular complexity index is 656. The number of amides is 1. The van der Waals surface area contributed by atoms with Crippen LogP contribution in [0.2, 0.25) is 5.02 Å². The molecule has 7 heteroatoms. The zero-order chi connectivity index (χ0) is 15.2. The van der Waals surface area contributed by atoms with Gasteiger partial charge in [0.1, 0.15) is 0 Å². The number of anilines is 1. The summed E-state index contributed by atoms with van der Waals surface area (Å²) in [6, 6.07) is 3.42. The number of aromatic nitrogens is 1. The van der Waals surface area contributed by atoms with Crippen molar-refractivity contribution in [2.45, 2.75) is 0 Å². The van der Waals surface area contributed by atoms with Crippen molar-refractivity contribution in [2.24, 2.45) is 0 Å². The van der Waals surface area contributed by atoms with Gasteiger partial charge in [0, 0.05) is 17.7 Å². The van der Waals surface area contributed by atoms with Gasteiger partial charge >= 0.3 is 0 Å². The predicted molar refractivity (Wildman–Crippen MR) is 84.3 cm³/mol.